The fraction of sp³-hybridized carbons (Fsp3) is 0.310. The number of amides is 1. The highest BCUT2D eigenvalue weighted by Gasteiger charge is 2.32. The monoisotopic (exact) mass is 566 g/mol. The third kappa shape index (κ3) is 5.79. The van der Waals surface area contributed by atoms with E-state index in [1.807, 2.05) is 35.8 Å². The summed E-state index contributed by atoms with van der Waals surface area (Å²) in [7, 11) is 3.59. The standard InChI is InChI=1S/C29H31FN4O3S2/c1-31-29(35)27-24-14-23(21-7-5-13-34(17-21)39(36)18-19-6-4-12-32-16-19)25(33(2)38-3)15-26(24)37-28(27)20-8-10-22(30)11-9-20/h4,6,8-12,14-16,21H,5,7,13,17-18H2,1-3H3,(H,31,35)/t21-,39?/m1/s1. The van der Waals surface area contributed by atoms with Gasteiger partial charge in [-0.15, -0.1) is 4.31 Å². The molecule has 0 spiro atoms. The molecule has 4 aromatic rings. The fourth-order valence-corrected chi connectivity index (χ4v) is 6.77. The van der Waals surface area contributed by atoms with Crippen LogP contribution in [0.25, 0.3) is 22.3 Å². The molecule has 2 aromatic heterocycles. The molecule has 39 heavy (non-hydrogen) atoms. The van der Waals surface area contributed by atoms with Gasteiger partial charge in [-0.2, -0.15) is 0 Å². The first-order valence-corrected chi connectivity index (χ1v) is 15.2. The normalized spacial score (nSPS) is 16.8. The van der Waals surface area contributed by atoms with Gasteiger partial charge >= 0.3 is 0 Å². The molecule has 3 heterocycles. The number of hydrogen-bond donors (Lipinski definition) is 1. The van der Waals surface area contributed by atoms with E-state index in [0.717, 1.165) is 36.2 Å². The first-order chi connectivity index (χ1) is 18.9. The highest BCUT2D eigenvalue weighted by atomic mass is 32.2. The van der Waals surface area contributed by atoms with Gasteiger partial charge in [-0.3, -0.25) is 9.78 Å². The minimum Gasteiger partial charge on any atom is -0.598 e. The van der Waals surface area contributed by atoms with Gasteiger partial charge < -0.3 is 18.6 Å². The van der Waals surface area contributed by atoms with E-state index in [1.165, 1.54) is 12.1 Å². The minimum absolute atomic E-state index is 0.118. The van der Waals surface area contributed by atoms with Crippen LogP contribution < -0.4 is 9.62 Å². The third-order valence-corrected chi connectivity index (χ3v) is 9.37. The quantitative estimate of drug-likeness (QED) is 0.215. The van der Waals surface area contributed by atoms with Crippen molar-refractivity contribution in [2.45, 2.75) is 24.5 Å². The SMILES string of the molecule is CNC(=O)c1c(-c2ccc(F)cc2)oc2cc(N(C)SC)c([C@@H]3CCCN([S+]([O-])Cc4cccnc4)C3)cc12. The van der Waals surface area contributed by atoms with E-state index in [4.69, 9.17) is 4.42 Å². The van der Waals surface area contributed by atoms with Crippen molar-refractivity contribution in [2.75, 3.05) is 37.7 Å². The predicted octanol–water partition coefficient (Wildman–Crippen LogP) is 5.75. The van der Waals surface area contributed by atoms with E-state index in [0.29, 0.717) is 40.2 Å². The number of fused-ring (bicyclic) bond motifs is 1. The van der Waals surface area contributed by atoms with Gasteiger partial charge in [0.05, 0.1) is 17.8 Å². The second-order valence-electron chi connectivity index (χ2n) is 9.53. The Morgan fingerprint density at radius 3 is 2.79 bits per heavy atom. The van der Waals surface area contributed by atoms with Gasteiger partial charge in [-0.25, -0.2) is 4.39 Å². The summed E-state index contributed by atoms with van der Waals surface area (Å²) in [4.78, 5) is 17.3. The number of anilines is 1. The molecule has 0 radical (unpaired) electrons. The fourth-order valence-electron chi connectivity index (χ4n) is 5.10. The van der Waals surface area contributed by atoms with Gasteiger partial charge in [0.2, 0.25) is 0 Å². The number of pyridine rings is 1. The molecule has 1 aliphatic heterocycles. The van der Waals surface area contributed by atoms with Crippen LogP contribution in [-0.4, -0.2) is 53.2 Å². The number of hydrogen-bond acceptors (Lipinski definition) is 7. The number of benzene rings is 2. The van der Waals surface area contributed by atoms with Gasteiger partial charge in [0.15, 0.2) is 5.75 Å². The Morgan fingerprint density at radius 1 is 1.31 bits per heavy atom. The van der Waals surface area contributed by atoms with Crippen LogP contribution in [0.15, 0.2) is 65.3 Å². The number of carbonyl (C=O) groups excluding carboxylic acids is 1. The summed E-state index contributed by atoms with van der Waals surface area (Å²) in [6.45, 7) is 1.41. The van der Waals surface area contributed by atoms with Crippen LogP contribution in [0, 0.1) is 5.82 Å². The van der Waals surface area contributed by atoms with Gasteiger partial charge in [0, 0.05) is 79.1 Å². The Hall–Kier alpha value is -3.05. The zero-order chi connectivity index (χ0) is 27.5. The molecule has 1 amide bonds. The summed E-state index contributed by atoms with van der Waals surface area (Å²) in [5, 5.41) is 3.44. The molecule has 1 unspecified atom stereocenters. The molecule has 1 saturated heterocycles. The average Bonchev–Trinajstić information content (AvgIpc) is 3.35. The smallest absolute Gasteiger partial charge is 0.255 e. The van der Waals surface area contributed by atoms with Crippen molar-refractivity contribution in [3.05, 3.63) is 83.4 Å². The van der Waals surface area contributed by atoms with Crippen LogP contribution >= 0.6 is 11.9 Å². The van der Waals surface area contributed by atoms with E-state index < -0.39 is 11.4 Å². The molecule has 5 rings (SSSR count). The summed E-state index contributed by atoms with van der Waals surface area (Å²) >= 11 is 0.411. The molecule has 2 aromatic carbocycles. The average molecular weight is 567 g/mol. The largest absolute Gasteiger partial charge is 0.598 e. The van der Waals surface area contributed by atoms with Gasteiger partial charge in [-0.05, 0) is 54.8 Å². The van der Waals surface area contributed by atoms with Crippen molar-refractivity contribution in [2.24, 2.45) is 0 Å². The lowest BCUT2D eigenvalue weighted by molar-refractivity contribution is 0.0964. The van der Waals surface area contributed by atoms with Crippen molar-refractivity contribution in [3.8, 4) is 11.3 Å². The van der Waals surface area contributed by atoms with Gasteiger partial charge in [0.25, 0.3) is 5.91 Å². The molecule has 7 nitrogen and oxygen atoms in total. The zero-order valence-corrected chi connectivity index (χ0v) is 23.8. The van der Waals surface area contributed by atoms with E-state index in [2.05, 4.69) is 20.7 Å². The molecule has 2 atom stereocenters. The van der Waals surface area contributed by atoms with Gasteiger partial charge in [0.1, 0.15) is 17.2 Å². The maximum Gasteiger partial charge on any atom is 0.255 e. The Morgan fingerprint density at radius 2 is 2.10 bits per heavy atom. The molecule has 10 heteroatoms. The van der Waals surface area contributed by atoms with Crippen LogP contribution in [0.3, 0.4) is 0 Å². The Balaban J connectivity index is 1.56. The molecule has 1 aliphatic rings. The summed E-state index contributed by atoms with van der Waals surface area (Å²) in [5.41, 5.74) is 4.65. The molecule has 1 fully saturated rings. The van der Waals surface area contributed by atoms with Crippen LogP contribution in [0.1, 0.15) is 40.2 Å². The van der Waals surface area contributed by atoms with Gasteiger partial charge in [-0.1, -0.05) is 18.0 Å². The Labute approximate surface area is 235 Å². The second kappa shape index (κ2) is 12.0. The molecule has 0 aliphatic carbocycles. The summed E-state index contributed by atoms with van der Waals surface area (Å²) in [6, 6.07) is 13.8. The van der Waals surface area contributed by atoms with E-state index in [-0.39, 0.29) is 17.6 Å². The molecule has 0 bridgehead atoms. The van der Waals surface area contributed by atoms with Crippen molar-refractivity contribution in [3.63, 3.8) is 0 Å². The van der Waals surface area contributed by atoms with Crippen LogP contribution in [0.2, 0.25) is 0 Å². The lowest BCUT2D eigenvalue weighted by Gasteiger charge is -2.34. The first-order valence-electron chi connectivity index (χ1n) is 12.8. The van der Waals surface area contributed by atoms with Crippen LogP contribution in [0.5, 0.6) is 0 Å². The summed E-state index contributed by atoms with van der Waals surface area (Å²) in [6.07, 6.45) is 7.34. The maximum atomic E-state index is 13.6. The van der Waals surface area contributed by atoms with E-state index in [1.54, 1.807) is 43.5 Å². The number of halogens is 1. The number of carbonyl (C=O) groups is 1. The number of rotatable bonds is 8. The van der Waals surface area contributed by atoms with Crippen LogP contribution in [0.4, 0.5) is 10.1 Å². The zero-order valence-electron chi connectivity index (χ0n) is 22.1. The highest BCUT2D eigenvalue weighted by molar-refractivity contribution is 7.99. The minimum atomic E-state index is -1.17. The van der Waals surface area contributed by atoms with Crippen molar-refractivity contribution < 1.29 is 18.2 Å². The number of nitrogens with one attached hydrogen (secondary N) is 1. The van der Waals surface area contributed by atoms with Crippen molar-refractivity contribution in [1.29, 1.82) is 0 Å². The number of aromatic nitrogens is 1. The van der Waals surface area contributed by atoms with E-state index in [9.17, 15) is 13.7 Å². The number of nitrogens with zero attached hydrogens (tertiary/aromatic N) is 3. The Bertz CT molecular complexity index is 1450. The predicted molar refractivity (Wildman–Crippen MR) is 157 cm³/mol. The Kier molecular flexibility index (Phi) is 8.46. The molecular formula is C29H31FN4O3S2. The first kappa shape index (κ1) is 27.5. The molecule has 0 saturated carbocycles. The molecular weight excluding hydrogens is 535 g/mol. The third-order valence-electron chi connectivity index (χ3n) is 7.14. The second-order valence-corrected chi connectivity index (χ2v) is 11.9. The lowest BCUT2D eigenvalue weighted by atomic mass is 9.89. The van der Waals surface area contributed by atoms with Crippen molar-refractivity contribution in [1.82, 2.24) is 14.6 Å². The summed E-state index contributed by atoms with van der Waals surface area (Å²) < 4.78 is 37.3. The summed E-state index contributed by atoms with van der Waals surface area (Å²) in [5.74, 6) is 0.327. The highest BCUT2D eigenvalue weighted by Crippen LogP contribution is 2.42. The molecule has 204 valence electrons. The topological polar surface area (TPSA) is 84.7 Å². The van der Waals surface area contributed by atoms with Crippen molar-refractivity contribution >= 4 is 45.9 Å². The van der Waals surface area contributed by atoms with E-state index >= 15 is 0 Å². The van der Waals surface area contributed by atoms with Crippen LogP contribution in [-0.2, 0) is 17.1 Å². The lowest BCUT2D eigenvalue weighted by Crippen LogP contribution is -2.40. The number of piperidine rings is 1. The number of furan rings is 1. The molecule has 1 N–H and O–H groups in total. The maximum absolute atomic E-state index is 13.6.